The molecule has 2 radical (unpaired) electrons. The SMILES string of the molecule is [Ce+3].[Ce+3].[O-2].[S-2]. The van der Waals surface area contributed by atoms with E-state index in [1.54, 1.807) is 0 Å². The molecule has 0 saturated heterocycles. The molecule has 0 aliphatic heterocycles. The Labute approximate surface area is 99.8 Å². The maximum atomic E-state index is 0. The van der Waals surface area contributed by atoms with E-state index in [9.17, 15) is 0 Å². The Morgan fingerprint density at radius 1 is 0.750 bits per heavy atom. The summed E-state index contributed by atoms with van der Waals surface area (Å²) in [5.41, 5.74) is 0. The summed E-state index contributed by atoms with van der Waals surface area (Å²) in [6.45, 7) is 0. The molecule has 0 N–H and O–H groups in total. The van der Waals surface area contributed by atoms with Crippen LogP contribution in [0.25, 0.3) is 0 Å². The second-order valence-corrected chi connectivity index (χ2v) is 0. The van der Waals surface area contributed by atoms with Crippen LogP contribution in [-0.2, 0) is 19.0 Å². The summed E-state index contributed by atoms with van der Waals surface area (Å²) < 4.78 is 0. The Morgan fingerprint density at radius 3 is 0.750 bits per heavy atom. The molecule has 0 unspecified atom stereocenters. The molecule has 4 heteroatoms. The molecule has 0 aliphatic carbocycles. The predicted octanol–water partition coefficient (Wildman–Crippen LogP) is -0.121. The molecule has 0 spiro atoms. The Balaban J connectivity index is 0. The average molecular weight is 328 g/mol. The van der Waals surface area contributed by atoms with Gasteiger partial charge in [0.1, 0.15) is 0 Å². The van der Waals surface area contributed by atoms with Gasteiger partial charge in [-0.2, -0.15) is 0 Å². The maximum absolute atomic E-state index is 0. The van der Waals surface area contributed by atoms with Gasteiger partial charge < -0.3 is 19.0 Å². The fourth-order valence-corrected chi connectivity index (χ4v) is 0. The van der Waals surface area contributed by atoms with Crippen LogP contribution in [0.4, 0.5) is 0 Å². The van der Waals surface area contributed by atoms with E-state index in [0.717, 1.165) is 0 Å². The topological polar surface area (TPSA) is 28.5 Å². The molecule has 18 valence electrons. The minimum Gasteiger partial charge on any atom is -2.00 e. The van der Waals surface area contributed by atoms with Crippen LogP contribution >= 0.6 is 0 Å². The van der Waals surface area contributed by atoms with Crippen molar-refractivity contribution in [3.63, 3.8) is 0 Å². The van der Waals surface area contributed by atoms with Gasteiger partial charge in [-0.15, -0.1) is 0 Å². The van der Waals surface area contributed by atoms with Gasteiger partial charge in [0.2, 0.25) is 0 Å². The molecule has 0 aromatic heterocycles. The molecule has 0 rings (SSSR count). The minimum atomic E-state index is 0. The smallest absolute Gasteiger partial charge is 2.00 e. The summed E-state index contributed by atoms with van der Waals surface area (Å²) in [4.78, 5) is 0. The van der Waals surface area contributed by atoms with Crippen LogP contribution in [0.2, 0.25) is 0 Å². The first-order valence-electron chi connectivity index (χ1n) is 0. The third kappa shape index (κ3) is 8.91. The summed E-state index contributed by atoms with van der Waals surface area (Å²) in [5, 5.41) is 0. The van der Waals surface area contributed by atoms with Crippen molar-refractivity contribution < 1.29 is 89.0 Å². The van der Waals surface area contributed by atoms with Crippen LogP contribution < -0.4 is 0 Å². The summed E-state index contributed by atoms with van der Waals surface area (Å²) in [7, 11) is 0. The number of hydrogen-bond donors (Lipinski definition) is 0. The van der Waals surface area contributed by atoms with E-state index < -0.39 is 0 Å². The van der Waals surface area contributed by atoms with Gasteiger partial charge in [0.25, 0.3) is 0 Å². The Bertz CT molecular complexity index is 6.00. The molecule has 0 saturated carbocycles. The molecule has 4 heavy (non-hydrogen) atoms. The van der Waals surface area contributed by atoms with E-state index in [0.29, 0.717) is 0 Å². The van der Waals surface area contributed by atoms with Crippen molar-refractivity contribution in [2.24, 2.45) is 0 Å². The van der Waals surface area contributed by atoms with Gasteiger partial charge in [-0.25, -0.2) is 0 Å². The quantitative estimate of drug-likeness (QED) is 0.593. The first-order chi connectivity index (χ1) is 0. The second kappa shape index (κ2) is 16.6. The van der Waals surface area contributed by atoms with Gasteiger partial charge in [0.15, 0.2) is 0 Å². The van der Waals surface area contributed by atoms with E-state index in [1.807, 2.05) is 0 Å². The third-order valence-corrected chi connectivity index (χ3v) is 0. The molecule has 0 amide bonds. The van der Waals surface area contributed by atoms with Crippen LogP contribution in [0.5, 0.6) is 0 Å². The molecule has 1 nitrogen and oxygen atoms in total. The second-order valence-electron chi connectivity index (χ2n) is 0. The largest absolute Gasteiger partial charge is 3.00 e. The first kappa shape index (κ1) is 27.7. The molecule has 0 aromatic carbocycles. The zero-order valence-electron chi connectivity index (χ0n) is 1.82. The predicted molar refractivity (Wildman–Crippen MR) is 8.05 cm³/mol. The first-order valence-corrected chi connectivity index (χ1v) is 0. The monoisotopic (exact) mass is 328 g/mol. The molecule has 0 bridgehead atoms. The van der Waals surface area contributed by atoms with Gasteiger partial charge in [0, 0.05) is 0 Å². The van der Waals surface area contributed by atoms with Crippen LogP contribution in [0.1, 0.15) is 0 Å². The van der Waals surface area contributed by atoms with E-state index in [-0.39, 0.29) is 102 Å². The third-order valence-electron chi connectivity index (χ3n) is 0. The maximum Gasteiger partial charge on any atom is 3.00 e. The number of rotatable bonds is 0. The zero-order chi connectivity index (χ0) is 0. The van der Waals surface area contributed by atoms with Crippen molar-refractivity contribution in [2.75, 3.05) is 0 Å². The van der Waals surface area contributed by atoms with Gasteiger partial charge >= 0.3 is 83.5 Å². The van der Waals surface area contributed by atoms with Crippen molar-refractivity contribution in [2.45, 2.75) is 0 Å². The fraction of sp³-hybridized carbons (Fsp3) is 0. The molecular formula is Ce2OS+2. The van der Waals surface area contributed by atoms with E-state index in [2.05, 4.69) is 0 Å². The van der Waals surface area contributed by atoms with Crippen LogP contribution in [-0.4, -0.2) is 0 Å². The molecule has 0 atom stereocenters. The molecule has 0 aromatic rings. The van der Waals surface area contributed by atoms with Crippen LogP contribution in [0.3, 0.4) is 0 Å². The molecular weight excluding hydrogens is 328 g/mol. The fourth-order valence-electron chi connectivity index (χ4n) is 0. The van der Waals surface area contributed by atoms with Crippen molar-refractivity contribution in [1.82, 2.24) is 0 Å². The van der Waals surface area contributed by atoms with Gasteiger partial charge in [0.05, 0.1) is 0 Å². The molecule has 0 heterocycles. The van der Waals surface area contributed by atoms with Crippen LogP contribution in [0, 0.1) is 83.5 Å². The summed E-state index contributed by atoms with van der Waals surface area (Å²) in [6.07, 6.45) is 0. The summed E-state index contributed by atoms with van der Waals surface area (Å²) >= 11 is 0. The summed E-state index contributed by atoms with van der Waals surface area (Å²) in [6, 6.07) is 0. The normalized spacial score (nSPS) is 0. The van der Waals surface area contributed by atoms with Gasteiger partial charge in [-0.05, 0) is 0 Å². The van der Waals surface area contributed by atoms with E-state index >= 15 is 0 Å². The van der Waals surface area contributed by atoms with E-state index in [1.165, 1.54) is 0 Å². The standard InChI is InChI=1S/2Ce.O.S/q2*+3;2*-2. The van der Waals surface area contributed by atoms with Crippen molar-refractivity contribution in [3.8, 4) is 0 Å². The molecule has 0 aliphatic rings. The number of hydrogen-bond acceptors (Lipinski definition) is 0. The summed E-state index contributed by atoms with van der Waals surface area (Å²) in [5.74, 6) is 0. The average Bonchev–Trinajstić information content (AvgIpc) is 0. The van der Waals surface area contributed by atoms with Crippen molar-refractivity contribution in [1.29, 1.82) is 0 Å². The Hall–Kier alpha value is 3.06. The van der Waals surface area contributed by atoms with E-state index in [4.69, 9.17) is 0 Å². The van der Waals surface area contributed by atoms with Gasteiger partial charge in [-0.3, -0.25) is 0 Å². The van der Waals surface area contributed by atoms with Gasteiger partial charge in [-0.1, -0.05) is 0 Å². The minimum absolute atomic E-state index is 0. The zero-order valence-corrected chi connectivity index (χ0v) is 8.91. The van der Waals surface area contributed by atoms with Crippen LogP contribution in [0.15, 0.2) is 0 Å². The van der Waals surface area contributed by atoms with Crippen molar-refractivity contribution in [3.05, 3.63) is 0 Å². The van der Waals surface area contributed by atoms with Crippen molar-refractivity contribution >= 4 is 13.5 Å². The molecule has 0 fully saturated rings. The Kier molecular flexibility index (Phi) is 115. The Morgan fingerprint density at radius 2 is 0.750 bits per heavy atom.